The molecular weight excluding hydrogens is 400 g/mol. The molecule has 5 heteroatoms. The fraction of sp³-hybridized carbons (Fsp3) is 0.222. The molecule has 1 atom stereocenters. The van der Waals surface area contributed by atoms with Gasteiger partial charge in [0.15, 0.2) is 11.5 Å². The zero-order valence-electron chi connectivity index (χ0n) is 18.4. The van der Waals surface area contributed by atoms with Crippen molar-refractivity contribution >= 4 is 16.8 Å². The molecular formula is C27H28N2O3. The van der Waals surface area contributed by atoms with Gasteiger partial charge >= 0.3 is 0 Å². The van der Waals surface area contributed by atoms with Crippen molar-refractivity contribution in [3.63, 3.8) is 0 Å². The molecule has 4 rings (SSSR count). The van der Waals surface area contributed by atoms with Crippen LogP contribution in [0.15, 0.2) is 79.0 Å². The van der Waals surface area contributed by atoms with E-state index in [-0.39, 0.29) is 11.8 Å². The van der Waals surface area contributed by atoms with E-state index in [9.17, 15) is 4.79 Å². The number of benzene rings is 3. The highest BCUT2D eigenvalue weighted by Crippen LogP contribution is 2.37. The molecule has 0 bridgehead atoms. The zero-order chi connectivity index (χ0) is 22.3. The van der Waals surface area contributed by atoms with Gasteiger partial charge in [0.2, 0.25) is 5.91 Å². The summed E-state index contributed by atoms with van der Waals surface area (Å²) in [6.07, 6.45) is 3.15. The average molecular weight is 429 g/mol. The number of nitrogens with one attached hydrogen (secondary N) is 2. The number of aromatic nitrogens is 1. The van der Waals surface area contributed by atoms with Crippen LogP contribution in [-0.2, 0) is 11.2 Å². The number of fused-ring (bicyclic) bond motifs is 1. The molecule has 32 heavy (non-hydrogen) atoms. The second kappa shape index (κ2) is 10.1. The first-order valence-electron chi connectivity index (χ1n) is 10.8. The fourth-order valence-electron chi connectivity index (χ4n) is 4.11. The molecule has 0 saturated carbocycles. The lowest BCUT2D eigenvalue weighted by molar-refractivity contribution is -0.121. The molecule has 1 amide bonds. The van der Waals surface area contributed by atoms with Gasteiger partial charge in [-0.3, -0.25) is 4.79 Å². The first-order valence-corrected chi connectivity index (χ1v) is 10.8. The Kier molecular flexibility index (Phi) is 6.75. The van der Waals surface area contributed by atoms with E-state index in [1.165, 1.54) is 5.56 Å². The number of para-hydroxylation sites is 1. The van der Waals surface area contributed by atoms with E-state index >= 15 is 0 Å². The van der Waals surface area contributed by atoms with E-state index in [4.69, 9.17) is 9.47 Å². The summed E-state index contributed by atoms with van der Waals surface area (Å²) in [4.78, 5) is 16.3. The maximum absolute atomic E-state index is 12.9. The van der Waals surface area contributed by atoms with Gasteiger partial charge in [0.25, 0.3) is 0 Å². The van der Waals surface area contributed by atoms with Crippen LogP contribution < -0.4 is 14.8 Å². The predicted molar refractivity (Wildman–Crippen MR) is 127 cm³/mol. The average Bonchev–Trinajstić information content (AvgIpc) is 3.27. The SMILES string of the molecule is COc1ccc(C(CC(=O)NCCc2ccccc2)c2c[nH]c3ccccc23)cc1OC. The van der Waals surface area contributed by atoms with Crippen LogP contribution in [-0.4, -0.2) is 31.7 Å². The zero-order valence-corrected chi connectivity index (χ0v) is 18.4. The van der Waals surface area contributed by atoms with E-state index in [1.54, 1.807) is 14.2 Å². The molecule has 0 radical (unpaired) electrons. The minimum absolute atomic E-state index is 0.0194. The molecule has 0 saturated heterocycles. The Balaban J connectivity index is 1.58. The van der Waals surface area contributed by atoms with Crippen LogP contribution in [0.3, 0.4) is 0 Å². The van der Waals surface area contributed by atoms with Gasteiger partial charge in [-0.1, -0.05) is 54.6 Å². The Bertz CT molecular complexity index is 1180. The molecule has 1 aromatic heterocycles. The molecule has 4 aromatic rings. The molecule has 1 heterocycles. The fourth-order valence-corrected chi connectivity index (χ4v) is 4.11. The Morgan fingerprint density at radius 1 is 0.938 bits per heavy atom. The van der Waals surface area contributed by atoms with Crippen molar-refractivity contribution in [2.75, 3.05) is 20.8 Å². The number of carbonyl (C=O) groups is 1. The smallest absolute Gasteiger partial charge is 0.220 e. The van der Waals surface area contributed by atoms with Crippen molar-refractivity contribution < 1.29 is 14.3 Å². The molecule has 0 aliphatic carbocycles. The number of hydrogen-bond donors (Lipinski definition) is 2. The molecule has 0 spiro atoms. The summed E-state index contributed by atoms with van der Waals surface area (Å²) in [6.45, 7) is 0.607. The van der Waals surface area contributed by atoms with Gasteiger partial charge in [0.1, 0.15) is 0 Å². The van der Waals surface area contributed by atoms with E-state index in [0.29, 0.717) is 24.5 Å². The lowest BCUT2D eigenvalue weighted by Gasteiger charge is -2.19. The summed E-state index contributed by atoms with van der Waals surface area (Å²) in [5.41, 5.74) is 4.36. The number of rotatable bonds is 9. The summed E-state index contributed by atoms with van der Waals surface area (Å²) in [5, 5.41) is 4.20. The maximum Gasteiger partial charge on any atom is 0.220 e. The number of methoxy groups -OCH3 is 2. The van der Waals surface area contributed by atoms with Crippen LogP contribution in [0.2, 0.25) is 0 Å². The lowest BCUT2D eigenvalue weighted by Crippen LogP contribution is -2.27. The largest absolute Gasteiger partial charge is 0.493 e. The van der Waals surface area contributed by atoms with E-state index in [0.717, 1.165) is 28.5 Å². The standard InChI is InChI=1S/C27H28N2O3/c1-31-25-13-12-20(16-26(25)32-2)22(23-18-29-24-11-7-6-10-21(23)24)17-27(30)28-15-14-19-8-4-3-5-9-19/h3-13,16,18,22,29H,14-15,17H2,1-2H3,(H,28,30). The summed E-state index contributed by atoms with van der Waals surface area (Å²) in [6, 6.07) is 24.2. The molecule has 0 aliphatic rings. The second-order valence-corrected chi connectivity index (χ2v) is 7.75. The predicted octanol–water partition coefficient (Wildman–Crippen LogP) is 5.07. The summed E-state index contributed by atoms with van der Waals surface area (Å²) in [5.74, 6) is 1.22. The topological polar surface area (TPSA) is 63.3 Å². The lowest BCUT2D eigenvalue weighted by atomic mass is 9.87. The van der Waals surface area contributed by atoms with Gasteiger partial charge in [0, 0.05) is 36.0 Å². The molecule has 2 N–H and O–H groups in total. The third kappa shape index (κ3) is 4.78. The van der Waals surface area contributed by atoms with Crippen molar-refractivity contribution in [3.8, 4) is 11.5 Å². The Hall–Kier alpha value is -3.73. The summed E-state index contributed by atoms with van der Waals surface area (Å²) >= 11 is 0. The summed E-state index contributed by atoms with van der Waals surface area (Å²) < 4.78 is 10.9. The number of carbonyl (C=O) groups excluding carboxylic acids is 1. The summed E-state index contributed by atoms with van der Waals surface area (Å²) in [7, 11) is 3.24. The number of hydrogen-bond acceptors (Lipinski definition) is 3. The maximum atomic E-state index is 12.9. The van der Waals surface area contributed by atoms with Crippen molar-refractivity contribution in [1.82, 2.24) is 10.3 Å². The molecule has 3 aromatic carbocycles. The number of ether oxygens (including phenoxy) is 2. The first-order chi connectivity index (χ1) is 15.7. The molecule has 164 valence electrons. The molecule has 0 fully saturated rings. The Labute approximate surface area is 188 Å². The molecule has 1 unspecified atom stereocenters. The third-order valence-corrected chi connectivity index (χ3v) is 5.77. The molecule has 5 nitrogen and oxygen atoms in total. The van der Waals surface area contributed by atoms with Gasteiger partial charge in [-0.05, 0) is 41.3 Å². The van der Waals surface area contributed by atoms with Gasteiger partial charge < -0.3 is 19.8 Å². The normalized spacial score (nSPS) is 11.8. The Morgan fingerprint density at radius 2 is 1.69 bits per heavy atom. The van der Waals surface area contributed by atoms with Gasteiger partial charge in [0.05, 0.1) is 14.2 Å². The third-order valence-electron chi connectivity index (χ3n) is 5.77. The van der Waals surface area contributed by atoms with Crippen LogP contribution in [0.25, 0.3) is 10.9 Å². The van der Waals surface area contributed by atoms with Crippen molar-refractivity contribution in [2.45, 2.75) is 18.8 Å². The molecule has 0 aliphatic heterocycles. The van der Waals surface area contributed by atoms with E-state index in [1.807, 2.05) is 60.8 Å². The van der Waals surface area contributed by atoms with Crippen LogP contribution in [0.5, 0.6) is 11.5 Å². The quantitative estimate of drug-likeness (QED) is 0.391. The van der Waals surface area contributed by atoms with Gasteiger partial charge in [-0.25, -0.2) is 0 Å². The van der Waals surface area contributed by atoms with Crippen molar-refractivity contribution in [2.24, 2.45) is 0 Å². The second-order valence-electron chi connectivity index (χ2n) is 7.75. The first kappa shape index (κ1) is 21.5. The monoisotopic (exact) mass is 428 g/mol. The van der Waals surface area contributed by atoms with Crippen molar-refractivity contribution in [3.05, 3.63) is 95.7 Å². The highest BCUT2D eigenvalue weighted by molar-refractivity contribution is 5.86. The highest BCUT2D eigenvalue weighted by Gasteiger charge is 2.22. The van der Waals surface area contributed by atoms with Crippen LogP contribution >= 0.6 is 0 Å². The van der Waals surface area contributed by atoms with Crippen LogP contribution in [0.1, 0.15) is 29.0 Å². The number of aromatic amines is 1. The number of H-pyrrole nitrogens is 1. The van der Waals surface area contributed by atoms with Crippen LogP contribution in [0.4, 0.5) is 0 Å². The minimum Gasteiger partial charge on any atom is -0.493 e. The minimum atomic E-state index is -0.123. The van der Waals surface area contributed by atoms with Gasteiger partial charge in [-0.2, -0.15) is 0 Å². The van der Waals surface area contributed by atoms with E-state index < -0.39 is 0 Å². The highest BCUT2D eigenvalue weighted by atomic mass is 16.5. The number of amides is 1. The Morgan fingerprint density at radius 3 is 2.47 bits per heavy atom. The van der Waals surface area contributed by atoms with E-state index in [2.05, 4.69) is 28.5 Å². The van der Waals surface area contributed by atoms with Crippen molar-refractivity contribution in [1.29, 1.82) is 0 Å². The van der Waals surface area contributed by atoms with Gasteiger partial charge in [-0.15, -0.1) is 0 Å². The van der Waals surface area contributed by atoms with Crippen LogP contribution in [0, 0.1) is 0 Å².